The van der Waals surface area contributed by atoms with Gasteiger partial charge in [-0.05, 0) is 43.1 Å². The predicted molar refractivity (Wildman–Crippen MR) is 152 cm³/mol. The molecular weight excluding hydrogens is 510 g/mol. The van der Waals surface area contributed by atoms with Crippen LogP contribution in [0.3, 0.4) is 0 Å². The number of methoxy groups -OCH3 is 1. The van der Waals surface area contributed by atoms with Crippen molar-refractivity contribution in [1.29, 1.82) is 0 Å². The molecule has 0 saturated heterocycles. The highest BCUT2D eigenvalue weighted by atomic mass is 16.5. The maximum Gasteiger partial charge on any atom is 0.250 e. The summed E-state index contributed by atoms with van der Waals surface area (Å²) in [6, 6.07) is 14.9. The second-order valence-corrected chi connectivity index (χ2v) is 10.1. The summed E-state index contributed by atoms with van der Waals surface area (Å²) in [7, 11) is 3.25. The summed E-state index contributed by atoms with van der Waals surface area (Å²) in [6.07, 6.45) is 3.49. The van der Waals surface area contributed by atoms with Crippen molar-refractivity contribution < 1.29 is 23.9 Å². The Morgan fingerprint density at radius 1 is 0.925 bits per heavy atom. The minimum atomic E-state index is -0.810. The molecule has 1 aliphatic heterocycles. The first-order valence-electron chi connectivity index (χ1n) is 13.4. The van der Waals surface area contributed by atoms with Gasteiger partial charge < -0.3 is 30.5 Å². The van der Waals surface area contributed by atoms with E-state index < -0.39 is 29.9 Å². The summed E-state index contributed by atoms with van der Waals surface area (Å²) in [4.78, 5) is 55.2. The molecule has 3 atom stereocenters. The second kappa shape index (κ2) is 14.3. The third kappa shape index (κ3) is 7.92. The molecule has 0 radical (unpaired) electrons. The van der Waals surface area contributed by atoms with Crippen LogP contribution >= 0.6 is 0 Å². The molecule has 2 aromatic rings. The molecule has 1 aliphatic rings. The summed E-state index contributed by atoms with van der Waals surface area (Å²) >= 11 is 0. The summed E-state index contributed by atoms with van der Waals surface area (Å²) < 4.78 is 5.21. The van der Waals surface area contributed by atoms with Gasteiger partial charge in [0.2, 0.25) is 23.6 Å². The van der Waals surface area contributed by atoms with Crippen LogP contribution in [0.1, 0.15) is 31.9 Å². The normalized spacial score (nSPS) is 16.4. The van der Waals surface area contributed by atoms with Crippen molar-refractivity contribution in [2.45, 2.75) is 51.9 Å². The van der Waals surface area contributed by atoms with E-state index in [1.807, 2.05) is 68.4 Å². The molecule has 214 valence electrons. The number of hydrogen-bond donors (Lipinski definition) is 3. The molecule has 10 heteroatoms. The fourth-order valence-corrected chi connectivity index (χ4v) is 4.29. The molecule has 2 aromatic carbocycles. The van der Waals surface area contributed by atoms with Gasteiger partial charge in [-0.1, -0.05) is 56.3 Å². The summed E-state index contributed by atoms with van der Waals surface area (Å²) in [5.74, 6) is -0.909. The summed E-state index contributed by atoms with van der Waals surface area (Å²) in [5, 5.41) is 8.22. The number of amides is 4. The monoisotopic (exact) mass is 549 g/mol. The van der Waals surface area contributed by atoms with Crippen LogP contribution in [0.2, 0.25) is 0 Å². The number of rotatable bonds is 12. The van der Waals surface area contributed by atoms with Crippen LogP contribution in [-0.4, -0.2) is 72.3 Å². The standard InChI is InChI=1S/C30H39N5O5/c1-20(2)27(33-28(37)21(3)31-4)29(38)32-18-26(36)35-16-15-34(19-23-11-13-24(40-5)14-12-23)30(39)25(35)17-22-9-7-6-8-10-22/h6-16,20-21,25,27,31H,17-19H2,1-5H3,(H,32,38)(H,33,37)/t21-,25-,27-/m0/s1. The SMILES string of the molecule is CN[C@@H](C)C(=O)N[C@H](C(=O)NCC(=O)N1C=CN(Cc2ccc(OC)cc2)C(=O)[C@@H]1Cc1ccccc1)C(C)C. The number of carbonyl (C=O) groups is 4. The average molecular weight is 550 g/mol. The van der Waals surface area contributed by atoms with Gasteiger partial charge in [0, 0.05) is 18.8 Å². The predicted octanol–water partition coefficient (Wildman–Crippen LogP) is 1.81. The van der Waals surface area contributed by atoms with Gasteiger partial charge in [-0.15, -0.1) is 0 Å². The van der Waals surface area contributed by atoms with E-state index in [0.29, 0.717) is 13.0 Å². The number of nitrogens with zero attached hydrogens (tertiary/aromatic N) is 2. The van der Waals surface area contributed by atoms with Crippen LogP contribution in [0.15, 0.2) is 67.0 Å². The van der Waals surface area contributed by atoms with Crippen LogP contribution in [0.25, 0.3) is 0 Å². The van der Waals surface area contributed by atoms with Crippen LogP contribution in [0.4, 0.5) is 0 Å². The number of likely N-dealkylation sites (N-methyl/N-ethyl adjacent to an activating group) is 1. The molecule has 3 rings (SSSR count). The third-order valence-electron chi connectivity index (χ3n) is 6.87. The van der Waals surface area contributed by atoms with Crippen molar-refractivity contribution in [3.8, 4) is 5.75 Å². The highest BCUT2D eigenvalue weighted by molar-refractivity contribution is 5.94. The Labute approximate surface area is 235 Å². The maximum atomic E-state index is 13.6. The topological polar surface area (TPSA) is 120 Å². The second-order valence-electron chi connectivity index (χ2n) is 10.1. The molecule has 40 heavy (non-hydrogen) atoms. The Balaban J connectivity index is 1.74. The van der Waals surface area contributed by atoms with E-state index in [9.17, 15) is 19.2 Å². The number of nitrogens with one attached hydrogen (secondary N) is 3. The van der Waals surface area contributed by atoms with Gasteiger partial charge in [-0.2, -0.15) is 0 Å². The molecular formula is C30H39N5O5. The third-order valence-corrected chi connectivity index (χ3v) is 6.87. The summed E-state index contributed by atoms with van der Waals surface area (Å²) in [6.45, 7) is 5.34. The minimum absolute atomic E-state index is 0.197. The molecule has 0 saturated carbocycles. The van der Waals surface area contributed by atoms with Gasteiger partial charge in [0.25, 0.3) is 0 Å². The first-order valence-corrected chi connectivity index (χ1v) is 13.4. The van der Waals surface area contributed by atoms with E-state index >= 15 is 0 Å². The zero-order valence-electron chi connectivity index (χ0n) is 23.7. The zero-order chi connectivity index (χ0) is 29.2. The molecule has 10 nitrogen and oxygen atoms in total. The fraction of sp³-hybridized carbons (Fsp3) is 0.400. The Morgan fingerprint density at radius 3 is 2.20 bits per heavy atom. The van der Waals surface area contributed by atoms with Gasteiger partial charge in [0.1, 0.15) is 17.8 Å². The highest BCUT2D eigenvalue weighted by Crippen LogP contribution is 2.21. The Morgan fingerprint density at radius 2 is 1.60 bits per heavy atom. The van der Waals surface area contributed by atoms with Gasteiger partial charge in [0.15, 0.2) is 0 Å². The lowest BCUT2D eigenvalue weighted by Gasteiger charge is -2.36. The van der Waals surface area contributed by atoms with Gasteiger partial charge in [-0.3, -0.25) is 19.2 Å². The molecule has 0 fully saturated rings. The van der Waals surface area contributed by atoms with Crippen molar-refractivity contribution in [2.24, 2.45) is 5.92 Å². The fourth-order valence-electron chi connectivity index (χ4n) is 4.29. The van der Waals surface area contributed by atoms with Gasteiger partial charge in [0.05, 0.1) is 26.2 Å². The van der Waals surface area contributed by atoms with Crippen LogP contribution < -0.4 is 20.7 Å². The minimum Gasteiger partial charge on any atom is -0.497 e. The van der Waals surface area contributed by atoms with Gasteiger partial charge in [-0.25, -0.2) is 0 Å². The quantitative estimate of drug-likeness (QED) is 0.372. The molecule has 0 bridgehead atoms. The Kier molecular flexibility index (Phi) is 10.8. The van der Waals surface area contributed by atoms with Crippen molar-refractivity contribution >= 4 is 23.6 Å². The largest absolute Gasteiger partial charge is 0.497 e. The van der Waals surface area contributed by atoms with Crippen LogP contribution in [0, 0.1) is 5.92 Å². The van der Waals surface area contributed by atoms with Crippen molar-refractivity contribution in [2.75, 3.05) is 20.7 Å². The number of hydrogen-bond acceptors (Lipinski definition) is 6. The highest BCUT2D eigenvalue weighted by Gasteiger charge is 2.35. The van der Waals surface area contributed by atoms with E-state index in [0.717, 1.165) is 16.9 Å². The summed E-state index contributed by atoms with van der Waals surface area (Å²) in [5.41, 5.74) is 1.82. The number of carbonyl (C=O) groups excluding carboxylic acids is 4. The smallest absolute Gasteiger partial charge is 0.250 e. The Hall–Kier alpha value is -4.18. The lowest BCUT2D eigenvalue weighted by molar-refractivity contribution is -0.143. The van der Waals surface area contributed by atoms with Crippen LogP contribution in [-0.2, 0) is 32.1 Å². The van der Waals surface area contributed by atoms with Gasteiger partial charge >= 0.3 is 0 Å². The van der Waals surface area contributed by atoms with E-state index in [4.69, 9.17) is 4.74 Å². The number of ether oxygens (including phenoxy) is 1. The van der Waals surface area contributed by atoms with E-state index in [-0.39, 0.29) is 24.3 Å². The maximum absolute atomic E-state index is 13.6. The van der Waals surface area contributed by atoms with Crippen molar-refractivity contribution in [3.05, 3.63) is 78.1 Å². The molecule has 1 heterocycles. The molecule has 0 aliphatic carbocycles. The molecule has 0 aromatic heterocycles. The van der Waals surface area contributed by atoms with E-state index in [1.165, 1.54) is 4.90 Å². The molecule has 0 spiro atoms. The van der Waals surface area contributed by atoms with E-state index in [1.54, 1.807) is 38.4 Å². The molecule has 0 unspecified atom stereocenters. The zero-order valence-corrected chi connectivity index (χ0v) is 23.7. The van der Waals surface area contributed by atoms with Crippen molar-refractivity contribution in [3.63, 3.8) is 0 Å². The number of benzene rings is 2. The molecule has 4 amide bonds. The lowest BCUT2D eigenvalue weighted by Crippen LogP contribution is -2.56. The molecule has 3 N–H and O–H groups in total. The first kappa shape index (κ1) is 30.4. The van der Waals surface area contributed by atoms with E-state index in [2.05, 4.69) is 16.0 Å². The van der Waals surface area contributed by atoms with Crippen molar-refractivity contribution in [1.82, 2.24) is 25.8 Å². The lowest BCUT2D eigenvalue weighted by atomic mass is 10.0. The Bertz CT molecular complexity index is 1200. The first-order chi connectivity index (χ1) is 19.1. The average Bonchev–Trinajstić information content (AvgIpc) is 2.96. The van der Waals surface area contributed by atoms with Crippen LogP contribution in [0.5, 0.6) is 5.75 Å².